The summed E-state index contributed by atoms with van der Waals surface area (Å²) in [5.74, 6) is -0.101. The van der Waals surface area contributed by atoms with Gasteiger partial charge in [-0.3, -0.25) is 9.89 Å². The van der Waals surface area contributed by atoms with Crippen LogP contribution in [0.5, 0.6) is 0 Å². The lowest BCUT2D eigenvalue weighted by Gasteiger charge is -2.33. The van der Waals surface area contributed by atoms with Gasteiger partial charge in [0, 0.05) is 41.1 Å². The van der Waals surface area contributed by atoms with Gasteiger partial charge in [-0.05, 0) is 110 Å². The molecule has 12 heteroatoms. The van der Waals surface area contributed by atoms with Crippen molar-refractivity contribution in [2.75, 3.05) is 47.9 Å². The zero-order valence-corrected chi connectivity index (χ0v) is 29.6. The van der Waals surface area contributed by atoms with Crippen molar-refractivity contribution in [3.63, 3.8) is 0 Å². The van der Waals surface area contributed by atoms with E-state index < -0.39 is 18.0 Å². The van der Waals surface area contributed by atoms with Gasteiger partial charge in [0.15, 0.2) is 0 Å². The molecule has 264 valence electrons. The van der Waals surface area contributed by atoms with Gasteiger partial charge >= 0.3 is 6.09 Å². The summed E-state index contributed by atoms with van der Waals surface area (Å²) in [6, 6.07) is 32.3. The highest BCUT2D eigenvalue weighted by molar-refractivity contribution is 6.30. The molecule has 2 N–H and O–H groups in total. The number of aliphatic hydroxyl groups excluding tert-OH is 1. The largest absolute Gasteiger partial charge is 0.441 e. The number of aromatic nitrogens is 2. The second kappa shape index (κ2) is 14.5. The number of anilines is 4. The summed E-state index contributed by atoms with van der Waals surface area (Å²) in [6.45, 7) is 1.86. The maximum Gasteiger partial charge on any atom is 0.414 e. The summed E-state index contributed by atoms with van der Waals surface area (Å²) >= 11 is 12.5. The average molecular weight is 738 g/mol. The summed E-state index contributed by atoms with van der Waals surface area (Å²) in [7, 11) is 0. The monoisotopic (exact) mass is 736 g/mol. The van der Waals surface area contributed by atoms with E-state index in [2.05, 4.69) is 22.0 Å². The Morgan fingerprint density at radius 1 is 0.904 bits per heavy atom. The topological polar surface area (TPSA) is 95.2 Å². The highest BCUT2D eigenvalue weighted by Crippen LogP contribution is 2.33. The minimum atomic E-state index is -0.612. The van der Waals surface area contributed by atoms with E-state index in [9.17, 15) is 9.90 Å². The number of rotatable bonds is 8. The first-order valence-electron chi connectivity index (χ1n) is 17.2. The Bertz CT molecular complexity index is 2290. The van der Waals surface area contributed by atoms with Crippen molar-refractivity contribution in [3.8, 4) is 17.1 Å². The average Bonchev–Trinajstić information content (AvgIpc) is 3.55. The molecule has 4 aliphatic rings. The Morgan fingerprint density at radius 2 is 1.62 bits per heavy atom. The predicted molar refractivity (Wildman–Crippen MR) is 204 cm³/mol. The second-order valence-electron chi connectivity index (χ2n) is 13.1. The number of halogens is 3. The SMILES string of the molecule is O=C1O[C@@H](CO)CN1c1ccc(N2CCC(CN=c3cc4n(-c5ccc(Cl)cc5)c5ccccc5nc-4cc3Nc3ccc(Cl)cc3)CC2)c(F)c1. The number of aliphatic hydroxyl groups is 1. The van der Waals surface area contributed by atoms with Crippen molar-refractivity contribution in [1.29, 1.82) is 0 Å². The molecule has 52 heavy (non-hydrogen) atoms. The van der Waals surface area contributed by atoms with Crippen LogP contribution in [0.3, 0.4) is 0 Å². The Labute approximate surface area is 309 Å². The van der Waals surface area contributed by atoms with Crippen molar-refractivity contribution < 1.29 is 19.0 Å². The number of benzene rings is 5. The number of fused-ring (bicyclic) bond motifs is 2. The van der Waals surface area contributed by atoms with Gasteiger partial charge in [0.1, 0.15) is 11.9 Å². The molecule has 1 atom stereocenters. The molecule has 1 amide bonds. The third-order valence-corrected chi connectivity index (χ3v) is 10.2. The highest BCUT2D eigenvalue weighted by Gasteiger charge is 2.32. The van der Waals surface area contributed by atoms with Gasteiger partial charge < -0.3 is 24.6 Å². The molecule has 1 aliphatic carbocycles. The molecular weight excluding hydrogens is 702 g/mol. The molecule has 0 saturated carbocycles. The van der Waals surface area contributed by atoms with Gasteiger partial charge in [0.2, 0.25) is 0 Å². The molecule has 0 aromatic heterocycles. The number of ether oxygens (including phenoxy) is 1. The van der Waals surface area contributed by atoms with Crippen molar-refractivity contribution in [3.05, 3.63) is 124 Å². The van der Waals surface area contributed by atoms with Crippen LogP contribution < -0.4 is 20.5 Å². The van der Waals surface area contributed by atoms with E-state index >= 15 is 4.39 Å². The van der Waals surface area contributed by atoms with Crippen LogP contribution in [0.4, 0.5) is 31.9 Å². The molecule has 0 bridgehead atoms. The number of para-hydroxylation sites is 2. The smallest absolute Gasteiger partial charge is 0.414 e. The lowest BCUT2D eigenvalue weighted by atomic mass is 9.96. The van der Waals surface area contributed by atoms with Gasteiger partial charge in [0.25, 0.3) is 0 Å². The Morgan fingerprint density at radius 3 is 2.33 bits per heavy atom. The van der Waals surface area contributed by atoms with E-state index in [0.29, 0.717) is 47.0 Å². The van der Waals surface area contributed by atoms with E-state index in [0.717, 1.165) is 57.7 Å². The predicted octanol–water partition coefficient (Wildman–Crippen LogP) is 8.45. The molecule has 9 nitrogen and oxygen atoms in total. The number of nitrogens with one attached hydrogen (secondary N) is 1. The van der Waals surface area contributed by atoms with E-state index in [-0.39, 0.29) is 13.2 Å². The molecule has 0 spiro atoms. The summed E-state index contributed by atoms with van der Waals surface area (Å²) in [6.07, 6.45) is 0.481. The van der Waals surface area contributed by atoms with Crippen LogP contribution in [0.15, 0.2) is 108 Å². The minimum Gasteiger partial charge on any atom is -0.441 e. The van der Waals surface area contributed by atoms with Crippen molar-refractivity contribution >= 4 is 63.1 Å². The number of carbonyl (C=O) groups is 1. The number of amides is 1. The van der Waals surface area contributed by atoms with Gasteiger partial charge in [-0.15, -0.1) is 0 Å². The summed E-state index contributed by atoms with van der Waals surface area (Å²) < 4.78 is 22.7. The normalized spacial score (nSPS) is 17.0. The fraction of sp³-hybridized carbons (Fsp3) is 0.225. The Balaban J connectivity index is 1.09. The maximum absolute atomic E-state index is 15.4. The van der Waals surface area contributed by atoms with Crippen LogP contribution in [0.2, 0.25) is 10.0 Å². The van der Waals surface area contributed by atoms with E-state index in [1.807, 2.05) is 77.7 Å². The molecule has 2 saturated heterocycles. The van der Waals surface area contributed by atoms with E-state index in [1.165, 1.54) is 11.0 Å². The number of piperidine rings is 1. The molecular formula is C40H35Cl2FN6O3. The number of cyclic esters (lactones) is 1. The van der Waals surface area contributed by atoms with Crippen LogP contribution in [-0.4, -0.2) is 59.6 Å². The first-order valence-corrected chi connectivity index (χ1v) is 18.0. The van der Waals surface area contributed by atoms with E-state index in [4.69, 9.17) is 37.9 Å². The number of hydrogen-bond donors (Lipinski definition) is 2. The third-order valence-electron chi connectivity index (χ3n) is 9.70. The van der Waals surface area contributed by atoms with Crippen molar-refractivity contribution in [1.82, 2.24) is 9.55 Å². The summed E-state index contributed by atoms with van der Waals surface area (Å²) in [4.78, 5) is 25.9. The zero-order valence-electron chi connectivity index (χ0n) is 28.1. The molecule has 4 aromatic rings. The van der Waals surface area contributed by atoms with Crippen LogP contribution in [-0.2, 0) is 4.74 Å². The van der Waals surface area contributed by atoms with Gasteiger partial charge in [-0.25, -0.2) is 14.2 Å². The lowest BCUT2D eigenvalue weighted by Crippen LogP contribution is -2.35. The highest BCUT2D eigenvalue weighted by atomic mass is 35.5. The minimum absolute atomic E-state index is 0.186. The van der Waals surface area contributed by atoms with Gasteiger partial charge in [-0.1, -0.05) is 35.3 Å². The lowest BCUT2D eigenvalue weighted by molar-refractivity contribution is 0.0963. The van der Waals surface area contributed by atoms with Crippen LogP contribution >= 0.6 is 23.2 Å². The first-order chi connectivity index (χ1) is 25.3. The maximum atomic E-state index is 15.4. The van der Waals surface area contributed by atoms with Crippen LogP contribution in [0.1, 0.15) is 12.8 Å². The standard InChI is InChI=1S/C40H35Cl2FN6O3/c41-26-5-9-28(10-6-26)45-35-20-36-39(49(29-11-7-27(42)8-12-29)38-4-2-1-3-33(38)46-36)21-34(35)44-22-25-15-17-47(18-16-25)37-14-13-30(19-32(37)43)48-23-31(24-50)52-40(48)51/h1-14,19-21,25,31,45,50H,15-18,22-24H2/t31-/m1/s1. The van der Waals surface area contributed by atoms with Crippen LogP contribution in [0, 0.1) is 11.7 Å². The summed E-state index contributed by atoms with van der Waals surface area (Å²) in [5.41, 5.74) is 7.11. The van der Waals surface area contributed by atoms with Crippen LogP contribution in [0.25, 0.3) is 28.1 Å². The molecule has 8 rings (SSSR count). The number of nitrogens with zero attached hydrogens (tertiary/aromatic N) is 5. The fourth-order valence-corrected chi connectivity index (χ4v) is 7.21. The second-order valence-corrected chi connectivity index (χ2v) is 14.0. The first kappa shape index (κ1) is 34.0. The van der Waals surface area contributed by atoms with Gasteiger partial charge in [0.05, 0.1) is 58.0 Å². The molecule has 2 fully saturated rings. The third kappa shape index (κ3) is 6.89. The van der Waals surface area contributed by atoms with Gasteiger partial charge in [-0.2, -0.15) is 0 Å². The Kier molecular flexibility index (Phi) is 9.44. The molecule has 3 aliphatic heterocycles. The molecule has 0 unspecified atom stereocenters. The Hall–Kier alpha value is -5.16. The summed E-state index contributed by atoms with van der Waals surface area (Å²) in [5, 5.41) is 15.0. The number of hydrogen-bond acceptors (Lipinski definition) is 7. The fourth-order valence-electron chi connectivity index (χ4n) is 6.96. The quantitative estimate of drug-likeness (QED) is 0.152. The molecule has 4 aromatic carbocycles. The van der Waals surface area contributed by atoms with Crippen molar-refractivity contribution in [2.45, 2.75) is 18.9 Å². The van der Waals surface area contributed by atoms with Crippen molar-refractivity contribution in [2.24, 2.45) is 10.9 Å². The molecule has 0 radical (unpaired) electrons. The zero-order chi connectivity index (χ0) is 35.8. The molecule has 3 heterocycles. The van der Waals surface area contributed by atoms with E-state index in [1.54, 1.807) is 12.1 Å². The number of carbonyl (C=O) groups excluding carboxylic acids is 1.